The Bertz CT molecular complexity index is 1080. The lowest BCUT2D eigenvalue weighted by molar-refractivity contribution is 0.00578. The summed E-state index contributed by atoms with van der Waals surface area (Å²) in [6.45, 7) is 8.13. The van der Waals surface area contributed by atoms with Crippen LogP contribution in [0.5, 0.6) is 0 Å². The van der Waals surface area contributed by atoms with Gasteiger partial charge in [-0.25, -0.2) is 0 Å². The molecule has 1 aliphatic heterocycles. The predicted octanol–water partition coefficient (Wildman–Crippen LogP) is -0.533. The van der Waals surface area contributed by atoms with Crippen LogP contribution >= 0.6 is 0 Å². The van der Waals surface area contributed by atoms with Gasteiger partial charge in [0, 0.05) is 0 Å². The van der Waals surface area contributed by atoms with Crippen LogP contribution in [-0.4, -0.2) is 49.7 Å². The molecule has 0 atom stereocenters. The molecule has 1 aliphatic rings. The minimum atomic E-state index is -0.459. The SMILES string of the molecule is [B]c1c([B])c([B])c2c(ccc3ccc(B4OC(C)(C)C(C)(C)O4)cc32)c1[B]. The standard InChI is InChI=1S/C20H17B5O2/c1-19(2)20(3,4)27-25(26-19)11-7-5-10-6-8-12-14(13(10)9-11)16(22)18(24)17(23)15(12)21/h5-9H,1-4H3. The molecule has 0 unspecified atom stereocenters. The maximum atomic E-state index is 6.32. The lowest BCUT2D eigenvalue weighted by atomic mass is 9.64. The first-order valence-electron chi connectivity index (χ1n) is 8.97. The highest BCUT2D eigenvalue weighted by atomic mass is 16.7. The second-order valence-electron chi connectivity index (χ2n) is 8.21. The van der Waals surface area contributed by atoms with Crippen molar-refractivity contribution in [2.24, 2.45) is 0 Å². The van der Waals surface area contributed by atoms with Gasteiger partial charge in [-0.3, -0.25) is 0 Å². The lowest BCUT2D eigenvalue weighted by Gasteiger charge is -2.32. The summed E-state index contributed by atoms with van der Waals surface area (Å²) in [7, 11) is 24.2. The average Bonchev–Trinajstić information content (AvgIpc) is 2.84. The molecule has 1 saturated heterocycles. The van der Waals surface area contributed by atoms with Crippen LogP contribution in [0.1, 0.15) is 27.7 Å². The summed E-state index contributed by atoms with van der Waals surface area (Å²) in [5, 5.41) is 3.56. The number of benzene rings is 3. The predicted molar refractivity (Wildman–Crippen MR) is 119 cm³/mol. The Labute approximate surface area is 166 Å². The van der Waals surface area contributed by atoms with Crippen molar-refractivity contribution in [3.05, 3.63) is 30.3 Å². The van der Waals surface area contributed by atoms with Crippen LogP contribution in [0.3, 0.4) is 0 Å². The van der Waals surface area contributed by atoms with Gasteiger partial charge in [-0.2, -0.15) is 0 Å². The lowest BCUT2D eigenvalue weighted by Crippen LogP contribution is -2.47. The highest BCUT2D eigenvalue weighted by Crippen LogP contribution is 2.36. The van der Waals surface area contributed by atoms with Crippen LogP contribution < -0.4 is 27.3 Å². The monoisotopic (exact) mass is 344 g/mol. The van der Waals surface area contributed by atoms with Crippen LogP contribution in [0.15, 0.2) is 30.3 Å². The van der Waals surface area contributed by atoms with E-state index >= 15 is 0 Å². The van der Waals surface area contributed by atoms with Gasteiger partial charge in [0.25, 0.3) is 0 Å². The van der Waals surface area contributed by atoms with E-state index in [0.717, 1.165) is 27.0 Å². The Kier molecular flexibility index (Phi) is 4.14. The molecule has 124 valence electrons. The maximum absolute atomic E-state index is 6.32. The van der Waals surface area contributed by atoms with Crippen molar-refractivity contribution in [2.45, 2.75) is 38.9 Å². The molecule has 0 saturated carbocycles. The summed E-state index contributed by atoms with van der Waals surface area (Å²) in [5.41, 5.74) is 1.62. The van der Waals surface area contributed by atoms with E-state index in [1.54, 1.807) is 0 Å². The van der Waals surface area contributed by atoms with Gasteiger partial charge in [0.2, 0.25) is 0 Å². The molecule has 0 N–H and O–H groups in total. The van der Waals surface area contributed by atoms with Crippen molar-refractivity contribution in [1.82, 2.24) is 0 Å². The molecular weight excluding hydrogens is 326 g/mol. The van der Waals surface area contributed by atoms with Gasteiger partial charge in [0.15, 0.2) is 0 Å². The summed E-state index contributed by atoms with van der Waals surface area (Å²) in [5.74, 6) is 0. The summed E-state index contributed by atoms with van der Waals surface area (Å²) < 4.78 is 12.4. The fourth-order valence-corrected chi connectivity index (χ4v) is 3.55. The van der Waals surface area contributed by atoms with Crippen LogP contribution in [0, 0.1) is 0 Å². The quantitative estimate of drug-likeness (QED) is 0.437. The Hall–Kier alpha value is -1.58. The van der Waals surface area contributed by atoms with Crippen LogP contribution in [0.4, 0.5) is 0 Å². The third-order valence-corrected chi connectivity index (χ3v) is 6.00. The van der Waals surface area contributed by atoms with E-state index in [-0.39, 0.29) is 0 Å². The van der Waals surface area contributed by atoms with Crippen molar-refractivity contribution in [3.63, 3.8) is 0 Å². The van der Waals surface area contributed by atoms with Gasteiger partial charge in [-0.1, -0.05) is 41.3 Å². The first kappa shape index (κ1) is 18.8. The van der Waals surface area contributed by atoms with E-state index in [0.29, 0.717) is 21.9 Å². The molecule has 1 fully saturated rings. The third kappa shape index (κ3) is 2.70. The van der Waals surface area contributed by atoms with Gasteiger partial charge in [0.05, 0.1) is 11.2 Å². The second-order valence-corrected chi connectivity index (χ2v) is 8.21. The van der Waals surface area contributed by atoms with Gasteiger partial charge in [0.1, 0.15) is 31.4 Å². The number of hydrogen-bond acceptors (Lipinski definition) is 2. The largest absolute Gasteiger partial charge is 0.494 e. The first-order chi connectivity index (χ1) is 12.5. The molecule has 7 heteroatoms. The van der Waals surface area contributed by atoms with E-state index in [4.69, 9.17) is 40.7 Å². The van der Waals surface area contributed by atoms with Gasteiger partial charge in [-0.05, 0) is 54.7 Å². The molecule has 3 aromatic carbocycles. The van der Waals surface area contributed by atoms with Crippen LogP contribution in [-0.2, 0) is 9.31 Å². The van der Waals surface area contributed by atoms with Crippen molar-refractivity contribution < 1.29 is 9.31 Å². The molecular formula is C20H17B5O2. The molecule has 0 amide bonds. The van der Waals surface area contributed by atoms with Gasteiger partial charge >= 0.3 is 7.12 Å². The molecule has 0 aliphatic carbocycles. The van der Waals surface area contributed by atoms with Crippen molar-refractivity contribution in [1.29, 1.82) is 0 Å². The molecule has 8 radical (unpaired) electrons. The maximum Gasteiger partial charge on any atom is 0.494 e. The van der Waals surface area contributed by atoms with Crippen LogP contribution in [0.2, 0.25) is 0 Å². The first-order valence-corrected chi connectivity index (χ1v) is 8.97. The third-order valence-electron chi connectivity index (χ3n) is 6.00. The zero-order valence-electron chi connectivity index (χ0n) is 16.1. The van der Waals surface area contributed by atoms with E-state index in [2.05, 4.69) is 0 Å². The molecule has 1 heterocycles. The van der Waals surface area contributed by atoms with Gasteiger partial charge in [-0.15, -0.1) is 10.9 Å². The Morgan fingerprint density at radius 3 is 1.89 bits per heavy atom. The number of fused-ring (bicyclic) bond motifs is 3. The molecule has 0 bridgehead atoms. The molecule has 3 aromatic rings. The number of hydrogen-bond donors (Lipinski definition) is 0. The second kappa shape index (κ2) is 5.96. The average molecular weight is 343 g/mol. The Morgan fingerprint density at radius 1 is 0.704 bits per heavy atom. The van der Waals surface area contributed by atoms with Crippen molar-refractivity contribution in [3.8, 4) is 0 Å². The number of rotatable bonds is 1. The van der Waals surface area contributed by atoms with E-state index in [9.17, 15) is 0 Å². The topological polar surface area (TPSA) is 18.5 Å². The Morgan fingerprint density at radius 2 is 1.26 bits per heavy atom. The van der Waals surface area contributed by atoms with E-state index in [1.807, 2.05) is 58.0 Å². The highest BCUT2D eigenvalue weighted by Gasteiger charge is 2.51. The summed E-state index contributed by atoms with van der Waals surface area (Å²) in [4.78, 5) is 0. The molecule has 27 heavy (non-hydrogen) atoms. The molecule has 0 spiro atoms. The Balaban J connectivity index is 1.96. The van der Waals surface area contributed by atoms with Crippen molar-refractivity contribution in [2.75, 3.05) is 0 Å². The minimum Gasteiger partial charge on any atom is -0.399 e. The smallest absolute Gasteiger partial charge is 0.399 e. The highest BCUT2D eigenvalue weighted by molar-refractivity contribution is 6.67. The fraction of sp³-hybridized carbons (Fsp3) is 0.300. The summed E-state index contributed by atoms with van der Waals surface area (Å²) in [6, 6.07) is 9.99. The molecule has 4 rings (SSSR count). The normalized spacial score (nSPS) is 18.4. The van der Waals surface area contributed by atoms with Gasteiger partial charge < -0.3 is 9.31 Å². The van der Waals surface area contributed by atoms with Crippen molar-refractivity contribution >= 4 is 87.4 Å². The summed E-state index contributed by atoms with van der Waals surface area (Å²) >= 11 is 0. The zero-order chi connectivity index (χ0) is 19.7. The summed E-state index contributed by atoms with van der Waals surface area (Å²) in [6.07, 6.45) is 0. The van der Waals surface area contributed by atoms with Crippen LogP contribution in [0.25, 0.3) is 21.5 Å². The molecule has 0 aromatic heterocycles. The fourth-order valence-electron chi connectivity index (χ4n) is 3.55. The zero-order valence-corrected chi connectivity index (χ0v) is 16.1. The minimum absolute atomic E-state index is 0.313. The van der Waals surface area contributed by atoms with E-state index in [1.165, 1.54) is 0 Å². The molecule has 2 nitrogen and oxygen atoms in total. The van der Waals surface area contributed by atoms with E-state index < -0.39 is 18.3 Å².